The van der Waals surface area contributed by atoms with Crippen molar-refractivity contribution in [3.05, 3.63) is 22.6 Å². The van der Waals surface area contributed by atoms with E-state index in [9.17, 15) is 4.79 Å². The van der Waals surface area contributed by atoms with Crippen LogP contribution in [-0.2, 0) is 4.79 Å². The highest BCUT2D eigenvalue weighted by atomic mass is 32.2. The van der Waals surface area contributed by atoms with Crippen LogP contribution in [-0.4, -0.2) is 16.8 Å². The van der Waals surface area contributed by atoms with Crippen molar-refractivity contribution in [3.8, 4) is 0 Å². The Morgan fingerprint density at radius 2 is 2.25 bits per heavy atom. The van der Waals surface area contributed by atoms with Gasteiger partial charge in [0.15, 0.2) is 0 Å². The van der Waals surface area contributed by atoms with Crippen LogP contribution in [0.2, 0.25) is 0 Å². The van der Waals surface area contributed by atoms with Gasteiger partial charge in [0, 0.05) is 0 Å². The van der Waals surface area contributed by atoms with E-state index in [1.807, 2.05) is 6.26 Å². The average molecular weight is 256 g/mol. The molecule has 1 nitrogen and oxygen atoms in total. The Morgan fingerprint density at radius 1 is 1.56 bits per heavy atom. The van der Waals surface area contributed by atoms with Crippen LogP contribution in [0.15, 0.2) is 22.6 Å². The van der Waals surface area contributed by atoms with Crippen molar-refractivity contribution in [1.82, 2.24) is 0 Å². The van der Waals surface area contributed by atoms with Gasteiger partial charge in [-0.15, -0.1) is 24.4 Å². The highest BCUT2D eigenvalue weighted by Crippen LogP contribution is 2.39. The number of Topliss-reactive ketones (excluding diaryl/α,β-unsaturated/α-hetero) is 1. The van der Waals surface area contributed by atoms with Crippen molar-refractivity contribution in [1.29, 1.82) is 0 Å². The van der Waals surface area contributed by atoms with E-state index in [0.717, 1.165) is 30.6 Å². The number of ketones is 1. The van der Waals surface area contributed by atoms with Gasteiger partial charge in [0.05, 0.1) is 4.75 Å². The van der Waals surface area contributed by atoms with E-state index in [1.165, 1.54) is 5.57 Å². The van der Waals surface area contributed by atoms with Crippen LogP contribution < -0.4 is 0 Å². The molecule has 1 aliphatic rings. The van der Waals surface area contributed by atoms with Gasteiger partial charge in [0.2, 0.25) is 0 Å². The Hall–Kier alpha value is -0.150. The minimum absolute atomic E-state index is 0.268. The molecule has 0 aliphatic heterocycles. The molecule has 1 unspecified atom stereocenters. The molecule has 1 rings (SSSR count). The van der Waals surface area contributed by atoms with Gasteiger partial charge < -0.3 is 0 Å². The van der Waals surface area contributed by atoms with Crippen LogP contribution in [0.3, 0.4) is 0 Å². The van der Waals surface area contributed by atoms with Crippen LogP contribution in [0, 0.1) is 0 Å². The fourth-order valence-corrected chi connectivity index (χ4v) is 3.08. The summed E-state index contributed by atoms with van der Waals surface area (Å²) < 4.78 is -0.268. The van der Waals surface area contributed by atoms with Crippen LogP contribution >= 0.6 is 24.4 Å². The molecule has 1 atom stereocenters. The van der Waals surface area contributed by atoms with E-state index in [1.54, 1.807) is 18.7 Å². The maximum absolute atomic E-state index is 11.9. The Morgan fingerprint density at radius 3 is 2.75 bits per heavy atom. The molecule has 0 saturated heterocycles. The monoisotopic (exact) mass is 256 g/mol. The number of rotatable bonds is 2. The molecule has 0 saturated carbocycles. The number of carbonyl (C=O) groups is 1. The van der Waals surface area contributed by atoms with Crippen LogP contribution in [0.25, 0.3) is 0 Å². The summed E-state index contributed by atoms with van der Waals surface area (Å²) >= 11 is 6.13. The molecule has 0 fully saturated rings. The summed E-state index contributed by atoms with van der Waals surface area (Å²) in [7, 11) is 0. The SMILES string of the molecule is C/C=C1/CC/C(S)=C\CC(SC)(C(C)=O)C1. The summed E-state index contributed by atoms with van der Waals surface area (Å²) in [5.41, 5.74) is 1.38. The van der Waals surface area contributed by atoms with E-state index in [2.05, 4.69) is 31.7 Å². The predicted octanol–water partition coefficient (Wildman–Crippen LogP) is 4.01. The van der Waals surface area contributed by atoms with Crippen molar-refractivity contribution in [2.24, 2.45) is 0 Å². The maximum Gasteiger partial charge on any atom is 0.146 e. The number of thiol groups is 1. The standard InChI is InChI=1S/C13H20OS2/c1-4-11-5-6-12(15)7-8-13(9-11,16-3)10(2)14/h4,7,15H,5-6,8-9H2,1-3H3/b11-4-,12-7+. The van der Waals surface area contributed by atoms with Gasteiger partial charge >= 0.3 is 0 Å². The molecule has 0 bridgehead atoms. The lowest BCUT2D eigenvalue weighted by Crippen LogP contribution is -2.33. The Balaban J connectivity index is 3.05. The third kappa shape index (κ3) is 3.17. The maximum atomic E-state index is 11.9. The minimum atomic E-state index is -0.268. The quantitative estimate of drug-likeness (QED) is 0.594. The van der Waals surface area contributed by atoms with Gasteiger partial charge in [0.25, 0.3) is 0 Å². The Labute approximate surface area is 108 Å². The number of hydrogen-bond donors (Lipinski definition) is 1. The lowest BCUT2D eigenvalue weighted by Gasteiger charge is -2.31. The van der Waals surface area contributed by atoms with E-state index in [4.69, 9.17) is 0 Å². The van der Waals surface area contributed by atoms with Crippen molar-refractivity contribution >= 4 is 30.2 Å². The molecular formula is C13H20OS2. The lowest BCUT2D eigenvalue weighted by molar-refractivity contribution is -0.119. The molecule has 16 heavy (non-hydrogen) atoms. The van der Waals surface area contributed by atoms with E-state index in [0.29, 0.717) is 0 Å². The fraction of sp³-hybridized carbons (Fsp3) is 0.615. The molecule has 0 aromatic rings. The third-order valence-electron chi connectivity index (χ3n) is 3.32. The van der Waals surface area contributed by atoms with E-state index in [-0.39, 0.29) is 10.5 Å². The Kier molecular flexibility index (Phi) is 5.19. The average Bonchev–Trinajstić information content (AvgIpc) is 2.25. The zero-order chi connectivity index (χ0) is 12.2. The van der Waals surface area contributed by atoms with Gasteiger partial charge in [-0.1, -0.05) is 17.7 Å². The number of allylic oxidation sites excluding steroid dienone is 4. The summed E-state index contributed by atoms with van der Waals surface area (Å²) in [6.45, 7) is 3.77. The summed E-state index contributed by atoms with van der Waals surface area (Å²) in [5, 5.41) is 0. The van der Waals surface area contributed by atoms with Crippen LogP contribution in [0.1, 0.15) is 39.5 Å². The van der Waals surface area contributed by atoms with Gasteiger partial charge in [0.1, 0.15) is 5.78 Å². The molecule has 0 aromatic heterocycles. The minimum Gasteiger partial charge on any atom is -0.298 e. The second-order valence-corrected chi connectivity index (χ2v) is 6.04. The molecule has 0 heterocycles. The summed E-state index contributed by atoms with van der Waals surface area (Å²) in [5.74, 6) is 0.277. The molecule has 0 radical (unpaired) electrons. The number of carbonyl (C=O) groups excluding carboxylic acids is 1. The number of hydrogen-bond acceptors (Lipinski definition) is 3. The van der Waals surface area contributed by atoms with Crippen LogP contribution in [0.5, 0.6) is 0 Å². The highest BCUT2D eigenvalue weighted by Gasteiger charge is 2.34. The van der Waals surface area contributed by atoms with Crippen molar-refractivity contribution in [2.45, 2.75) is 44.3 Å². The topological polar surface area (TPSA) is 17.1 Å². The van der Waals surface area contributed by atoms with Gasteiger partial charge in [-0.25, -0.2) is 0 Å². The molecule has 1 aliphatic carbocycles. The van der Waals surface area contributed by atoms with Gasteiger partial charge in [-0.2, -0.15) is 0 Å². The molecule has 0 spiro atoms. The zero-order valence-electron chi connectivity index (χ0n) is 10.2. The van der Waals surface area contributed by atoms with Crippen molar-refractivity contribution < 1.29 is 4.79 Å². The lowest BCUT2D eigenvalue weighted by atomic mass is 9.87. The first-order valence-corrected chi connectivity index (χ1v) is 7.29. The first kappa shape index (κ1) is 13.9. The van der Waals surface area contributed by atoms with Crippen molar-refractivity contribution in [2.75, 3.05) is 6.26 Å². The van der Waals surface area contributed by atoms with Crippen LogP contribution in [0.4, 0.5) is 0 Å². The molecule has 0 amide bonds. The summed E-state index contributed by atoms with van der Waals surface area (Å²) in [6, 6.07) is 0. The van der Waals surface area contributed by atoms with Gasteiger partial charge in [-0.05, 0) is 50.7 Å². The molecule has 3 heteroatoms. The first-order chi connectivity index (χ1) is 7.54. The fourth-order valence-electron chi connectivity index (χ4n) is 2.01. The van der Waals surface area contributed by atoms with E-state index < -0.39 is 0 Å². The Bertz CT molecular complexity index is 331. The highest BCUT2D eigenvalue weighted by molar-refractivity contribution is 8.00. The summed E-state index contributed by atoms with van der Waals surface area (Å²) in [6.07, 6.45) is 10.0. The number of thioether (sulfide) groups is 1. The third-order valence-corrected chi connectivity index (χ3v) is 5.11. The zero-order valence-corrected chi connectivity index (χ0v) is 12.0. The first-order valence-electron chi connectivity index (χ1n) is 5.62. The molecule has 0 N–H and O–H groups in total. The summed E-state index contributed by atoms with van der Waals surface area (Å²) in [4.78, 5) is 13.0. The largest absolute Gasteiger partial charge is 0.298 e. The second kappa shape index (κ2) is 5.97. The molecule has 0 aromatic carbocycles. The molecule has 90 valence electrons. The van der Waals surface area contributed by atoms with E-state index >= 15 is 0 Å². The second-order valence-electron chi connectivity index (χ2n) is 4.28. The normalized spacial score (nSPS) is 32.8. The van der Waals surface area contributed by atoms with Crippen molar-refractivity contribution in [3.63, 3.8) is 0 Å². The van der Waals surface area contributed by atoms with Gasteiger partial charge in [-0.3, -0.25) is 4.79 Å². The molecular weight excluding hydrogens is 236 g/mol. The predicted molar refractivity (Wildman–Crippen MR) is 76.2 cm³/mol. The smallest absolute Gasteiger partial charge is 0.146 e.